The molecule has 3 amide bonds. The number of hydrogen-bond acceptors (Lipinski definition) is 4. The normalized spacial score (nSPS) is 11.2. The zero-order valence-electron chi connectivity index (χ0n) is 18.7. The molecule has 0 spiro atoms. The van der Waals surface area contributed by atoms with Crippen LogP contribution in [-0.2, 0) is 4.79 Å². The molecule has 0 fully saturated rings. The van der Waals surface area contributed by atoms with Gasteiger partial charge in [-0.05, 0) is 61.9 Å². The molecule has 7 nitrogen and oxygen atoms in total. The second kappa shape index (κ2) is 11.5. The monoisotopic (exact) mass is 444 g/mol. The predicted octanol–water partition coefficient (Wildman–Crippen LogP) is 3.98. The summed E-state index contributed by atoms with van der Waals surface area (Å²) in [6.45, 7) is 4.37. The maximum Gasteiger partial charge on any atom is 0.251 e. The van der Waals surface area contributed by atoms with Crippen LogP contribution in [0.1, 0.15) is 46.2 Å². The van der Waals surface area contributed by atoms with Crippen LogP contribution >= 0.6 is 0 Å². The minimum Gasteiger partial charge on any atom is -0.376 e. The van der Waals surface area contributed by atoms with E-state index in [2.05, 4.69) is 21.3 Å². The number of nitrogens with one attached hydrogen (secondary N) is 4. The van der Waals surface area contributed by atoms with E-state index < -0.39 is 0 Å². The molecule has 0 aliphatic rings. The van der Waals surface area contributed by atoms with Crippen molar-refractivity contribution in [2.75, 3.05) is 23.7 Å². The van der Waals surface area contributed by atoms with Crippen LogP contribution < -0.4 is 21.3 Å². The van der Waals surface area contributed by atoms with Gasteiger partial charge < -0.3 is 21.3 Å². The van der Waals surface area contributed by atoms with Gasteiger partial charge in [0.2, 0.25) is 5.91 Å². The number of carbonyl (C=O) groups is 3. The van der Waals surface area contributed by atoms with Crippen LogP contribution in [0, 0.1) is 0 Å². The predicted molar refractivity (Wildman–Crippen MR) is 130 cm³/mol. The average molecular weight is 445 g/mol. The molecule has 3 rings (SSSR count). The van der Waals surface area contributed by atoms with E-state index >= 15 is 0 Å². The summed E-state index contributed by atoms with van der Waals surface area (Å²) < 4.78 is 0. The van der Waals surface area contributed by atoms with Gasteiger partial charge in [0, 0.05) is 29.0 Å². The van der Waals surface area contributed by atoms with E-state index in [1.165, 1.54) is 0 Å². The van der Waals surface area contributed by atoms with Crippen LogP contribution in [0.25, 0.3) is 0 Å². The summed E-state index contributed by atoms with van der Waals surface area (Å²) in [5.74, 6) is -0.584. The summed E-state index contributed by atoms with van der Waals surface area (Å²) >= 11 is 0. The van der Waals surface area contributed by atoms with Crippen molar-refractivity contribution >= 4 is 29.1 Å². The van der Waals surface area contributed by atoms with Gasteiger partial charge in [0.15, 0.2) is 0 Å². The molecule has 3 aromatic rings. The molecule has 170 valence electrons. The summed E-state index contributed by atoms with van der Waals surface area (Å²) in [7, 11) is 0. The number of benzene rings is 3. The van der Waals surface area contributed by atoms with Crippen LogP contribution in [0.5, 0.6) is 0 Å². The second-order valence-electron chi connectivity index (χ2n) is 7.53. The first-order valence-corrected chi connectivity index (χ1v) is 10.8. The zero-order valence-corrected chi connectivity index (χ0v) is 18.7. The third-order valence-electron chi connectivity index (χ3n) is 4.99. The largest absolute Gasteiger partial charge is 0.376 e. The number of carbonyl (C=O) groups excluding carboxylic acids is 3. The third kappa shape index (κ3) is 6.93. The van der Waals surface area contributed by atoms with E-state index in [9.17, 15) is 14.4 Å². The molecular formula is C26H28N4O3. The van der Waals surface area contributed by atoms with Crippen molar-refractivity contribution in [3.63, 3.8) is 0 Å². The Hall–Kier alpha value is -4.13. The van der Waals surface area contributed by atoms with Crippen molar-refractivity contribution in [2.24, 2.45) is 0 Å². The maximum absolute atomic E-state index is 12.5. The molecule has 7 heteroatoms. The molecule has 0 saturated heterocycles. The minimum atomic E-state index is -0.242. The van der Waals surface area contributed by atoms with Crippen molar-refractivity contribution in [3.05, 3.63) is 95.6 Å². The molecule has 3 aromatic carbocycles. The highest BCUT2D eigenvalue weighted by molar-refractivity contribution is 5.97. The molecular weight excluding hydrogens is 416 g/mol. The number of amides is 3. The van der Waals surface area contributed by atoms with Gasteiger partial charge in [0.05, 0.1) is 12.6 Å². The van der Waals surface area contributed by atoms with Gasteiger partial charge in [-0.25, -0.2) is 0 Å². The number of hydrogen-bond donors (Lipinski definition) is 4. The van der Waals surface area contributed by atoms with Gasteiger partial charge in [-0.2, -0.15) is 0 Å². The van der Waals surface area contributed by atoms with E-state index in [4.69, 9.17) is 0 Å². The molecule has 33 heavy (non-hydrogen) atoms. The molecule has 4 N–H and O–H groups in total. The Labute approximate surface area is 193 Å². The number of anilines is 2. The van der Waals surface area contributed by atoms with Crippen LogP contribution in [0.15, 0.2) is 78.9 Å². The lowest BCUT2D eigenvalue weighted by Crippen LogP contribution is -2.26. The van der Waals surface area contributed by atoms with Gasteiger partial charge >= 0.3 is 0 Å². The zero-order chi connectivity index (χ0) is 23.6. The molecule has 0 heterocycles. The standard InChI is InChI=1S/C26H28N4O3/c1-3-27-25(32)21-10-7-11-23(16-21)28-17-24(31)30-22-14-12-20(13-15-22)26(33)29-18(2)19-8-5-4-6-9-19/h4-16,18,28H,3,17H2,1-2H3,(H,27,32)(H,29,33)(H,30,31). The lowest BCUT2D eigenvalue weighted by molar-refractivity contribution is -0.114. The summed E-state index contributed by atoms with van der Waals surface area (Å²) in [6, 6.07) is 23.3. The van der Waals surface area contributed by atoms with E-state index in [1.807, 2.05) is 44.2 Å². The van der Waals surface area contributed by atoms with Crippen LogP contribution in [-0.4, -0.2) is 30.8 Å². The average Bonchev–Trinajstić information content (AvgIpc) is 2.84. The van der Waals surface area contributed by atoms with Crippen molar-refractivity contribution < 1.29 is 14.4 Å². The van der Waals surface area contributed by atoms with Crippen LogP contribution in [0.2, 0.25) is 0 Å². The molecule has 0 aromatic heterocycles. The van der Waals surface area contributed by atoms with Crippen molar-refractivity contribution in [1.29, 1.82) is 0 Å². The van der Waals surface area contributed by atoms with Crippen molar-refractivity contribution in [1.82, 2.24) is 10.6 Å². The van der Waals surface area contributed by atoms with E-state index in [0.717, 1.165) is 5.56 Å². The summed E-state index contributed by atoms with van der Waals surface area (Å²) in [4.78, 5) is 36.7. The van der Waals surface area contributed by atoms with Gasteiger partial charge in [0.1, 0.15) is 0 Å². The summed E-state index contributed by atoms with van der Waals surface area (Å²) in [5, 5.41) is 11.5. The molecule has 1 atom stereocenters. The Kier molecular flexibility index (Phi) is 8.18. The fourth-order valence-corrected chi connectivity index (χ4v) is 3.23. The molecule has 0 radical (unpaired) electrons. The molecule has 0 aliphatic carbocycles. The lowest BCUT2D eigenvalue weighted by Gasteiger charge is -2.14. The Balaban J connectivity index is 1.50. The highest BCUT2D eigenvalue weighted by atomic mass is 16.2. The number of rotatable bonds is 9. The van der Waals surface area contributed by atoms with E-state index in [0.29, 0.717) is 29.0 Å². The first kappa shape index (κ1) is 23.5. The van der Waals surface area contributed by atoms with Crippen LogP contribution in [0.3, 0.4) is 0 Å². The fourth-order valence-electron chi connectivity index (χ4n) is 3.23. The Morgan fingerprint density at radius 2 is 1.52 bits per heavy atom. The van der Waals surface area contributed by atoms with E-state index in [-0.39, 0.29) is 30.3 Å². The lowest BCUT2D eigenvalue weighted by atomic mass is 10.1. The Morgan fingerprint density at radius 3 is 2.21 bits per heavy atom. The van der Waals surface area contributed by atoms with Gasteiger partial charge in [-0.1, -0.05) is 36.4 Å². The summed E-state index contributed by atoms with van der Waals surface area (Å²) in [6.07, 6.45) is 0. The Bertz CT molecular complexity index is 1100. The molecule has 1 unspecified atom stereocenters. The Morgan fingerprint density at radius 1 is 0.788 bits per heavy atom. The smallest absolute Gasteiger partial charge is 0.251 e. The summed E-state index contributed by atoms with van der Waals surface area (Å²) in [5.41, 5.74) is 3.33. The van der Waals surface area contributed by atoms with Gasteiger partial charge in [-0.15, -0.1) is 0 Å². The fraction of sp³-hybridized carbons (Fsp3) is 0.192. The molecule has 0 saturated carbocycles. The highest BCUT2D eigenvalue weighted by Crippen LogP contribution is 2.15. The first-order chi connectivity index (χ1) is 16.0. The van der Waals surface area contributed by atoms with E-state index in [1.54, 1.807) is 48.5 Å². The molecule has 0 aliphatic heterocycles. The highest BCUT2D eigenvalue weighted by Gasteiger charge is 2.12. The minimum absolute atomic E-state index is 0.0374. The second-order valence-corrected chi connectivity index (χ2v) is 7.53. The van der Waals surface area contributed by atoms with Gasteiger partial charge in [0.25, 0.3) is 11.8 Å². The maximum atomic E-state index is 12.5. The SMILES string of the molecule is CCNC(=O)c1cccc(NCC(=O)Nc2ccc(C(=O)NC(C)c3ccccc3)cc2)c1. The quantitative estimate of drug-likeness (QED) is 0.401. The van der Waals surface area contributed by atoms with Crippen molar-refractivity contribution in [3.8, 4) is 0 Å². The van der Waals surface area contributed by atoms with Crippen LogP contribution in [0.4, 0.5) is 11.4 Å². The topological polar surface area (TPSA) is 99.3 Å². The first-order valence-electron chi connectivity index (χ1n) is 10.8. The third-order valence-corrected chi connectivity index (χ3v) is 4.99. The van der Waals surface area contributed by atoms with Gasteiger partial charge in [-0.3, -0.25) is 14.4 Å². The molecule has 0 bridgehead atoms. The van der Waals surface area contributed by atoms with Crippen molar-refractivity contribution in [2.45, 2.75) is 19.9 Å².